The van der Waals surface area contributed by atoms with Crippen LogP contribution in [-0.4, -0.2) is 72.6 Å². The first-order chi connectivity index (χ1) is 19.8. The molecule has 4 atom stereocenters. The second-order valence-electron chi connectivity index (χ2n) is 12.8. The second-order valence-corrected chi connectivity index (χ2v) is 14.8. The number of benzene rings is 1. The van der Waals surface area contributed by atoms with E-state index in [1.807, 2.05) is 0 Å². The molecule has 0 aromatic heterocycles. The van der Waals surface area contributed by atoms with Gasteiger partial charge in [-0.2, -0.15) is 0 Å². The van der Waals surface area contributed by atoms with Crippen molar-refractivity contribution in [2.75, 3.05) is 19.4 Å². The Labute approximate surface area is 253 Å². The lowest BCUT2D eigenvalue weighted by atomic mass is 9.86. The summed E-state index contributed by atoms with van der Waals surface area (Å²) in [5, 5.41) is 23.7. The predicted molar refractivity (Wildman–Crippen MR) is 165 cm³/mol. The minimum atomic E-state index is -3.40. The van der Waals surface area contributed by atoms with E-state index in [9.17, 15) is 28.2 Å². The van der Waals surface area contributed by atoms with Crippen LogP contribution in [0.15, 0.2) is 29.2 Å². The Morgan fingerprint density at radius 1 is 1.02 bits per heavy atom. The van der Waals surface area contributed by atoms with E-state index in [-0.39, 0.29) is 10.8 Å². The van der Waals surface area contributed by atoms with E-state index < -0.39 is 52.2 Å². The molecule has 0 aliphatic carbocycles. The van der Waals surface area contributed by atoms with Gasteiger partial charge in [0.05, 0.1) is 17.5 Å². The molecule has 0 spiro atoms. The Kier molecular flexibility index (Phi) is 14.8. The monoisotopic (exact) mass is 610 g/mol. The molecule has 1 heterocycles. The van der Waals surface area contributed by atoms with Crippen molar-refractivity contribution in [1.29, 1.82) is 0 Å². The summed E-state index contributed by atoms with van der Waals surface area (Å²) in [7, 11) is -3.40. The van der Waals surface area contributed by atoms with Crippen molar-refractivity contribution in [3.63, 3.8) is 0 Å². The molecule has 0 saturated carbocycles. The van der Waals surface area contributed by atoms with Gasteiger partial charge < -0.3 is 20.3 Å². The highest BCUT2D eigenvalue weighted by molar-refractivity contribution is 7.90. The van der Waals surface area contributed by atoms with Crippen molar-refractivity contribution < 1.29 is 33.0 Å². The molecule has 2 rings (SSSR count). The minimum Gasteiger partial charge on any atom is -0.444 e. The first-order valence-corrected chi connectivity index (χ1v) is 17.5. The summed E-state index contributed by atoms with van der Waals surface area (Å²) in [4.78, 5) is 28.2. The smallest absolute Gasteiger partial charge is 0.410 e. The molecule has 240 valence electrons. The first-order valence-electron chi connectivity index (χ1n) is 15.7. The quantitative estimate of drug-likeness (QED) is 0.209. The number of ether oxygens (including phenoxy) is 1. The van der Waals surface area contributed by atoms with Crippen LogP contribution in [0.2, 0.25) is 0 Å². The molecule has 1 saturated heterocycles. The maximum atomic E-state index is 13.6. The van der Waals surface area contributed by atoms with Crippen LogP contribution in [0, 0.1) is 5.92 Å². The lowest BCUT2D eigenvalue weighted by Crippen LogP contribution is -2.57. The Bertz CT molecular complexity index is 1070. The topological polar surface area (TPSA) is 133 Å². The summed E-state index contributed by atoms with van der Waals surface area (Å²) in [5.41, 5.74) is -0.356. The van der Waals surface area contributed by atoms with Crippen LogP contribution in [0.25, 0.3) is 0 Å². The highest BCUT2D eigenvalue weighted by Crippen LogP contribution is 2.30. The van der Waals surface area contributed by atoms with Crippen molar-refractivity contribution in [3.8, 4) is 0 Å². The summed E-state index contributed by atoms with van der Waals surface area (Å²) < 4.78 is 29.2. The lowest BCUT2D eigenvalue weighted by Gasteiger charge is -2.40. The molecular formula is C32H54N2O7S. The second kappa shape index (κ2) is 17.2. The molecule has 9 nitrogen and oxygen atoms in total. The van der Waals surface area contributed by atoms with Crippen LogP contribution < -0.4 is 5.32 Å². The molecule has 2 amide bonds. The Balaban J connectivity index is 2.04. The number of rotatable bonds is 16. The molecule has 3 N–H and O–H groups in total. The third kappa shape index (κ3) is 12.2. The van der Waals surface area contributed by atoms with Crippen molar-refractivity contribution in [3.05, 3.63) is 29.8 Å². The number of unbranched alkanes of at least 4 members (excludes halogenated alkanes) is 8. The molecule has 1 fully saturated rings. The van der Waals surface area contributed by atoms with E-state index in [1.165, 1.54) is 74.1 Å². The number of nitrogens with one attached hydrogen (secondary N) is 1. The minimum absolute atomic E-state index is 0.108. The van der Waals surface area contributed by atoms with E-state index in [0.29, 0.717) is 18.5 Å². The van der Waals surface area contributed by atoms with Gasteiger partial charge in [-0.25, -0.2) is 13.2 Å². The fourth-order valence-electron chi connectivity index (χ4n) is 5.48. The number of hydrogen-bond donors (Lipinski definition) is 3. The summed E-state index contributed by atoms with van der Waals surface area (Å²) in [6.45, 7) is 7.43. The number of piperidine rings is 1. The molecule has 0 radical (unpaired) electrons. The van der Waals surface area contributed by atoms with Crippen molar-refractivity contribution in [1.82, 2.24) is 10.2 Å². The summed E-state index contributed by atoms with van der Waals surface area (Å²) in [6.07, 6.45) is 12.7. The predicted octanol–water partition coefficient (Wildman–Crippen LogP) is 5.54. The number of amides is 2. The van der Waals surface area contributed by atoms with Gasteiger partial charge in [-0.1, -0.05) is 83.3 Å². The maximum Gasteiger partial charge on any atom is 0.410 e. The fraction of sp³-hybridized carbons (Fsp3) is 0.750. The zero-order chi connectivity index (χ0) is 31.3. The molecule has 1 aliphatic heterocycles. The number of sulfone groups is 1. The van der Waals surface area contributed by atoms with Crippen LogP contribution in [0.5, 0.6) is 0 Å². The highest BCUT2D eigenvalue weighted by Gasteiger charge is 2.39. The van der Waals surface area contributed by atoms with Crippen molar-refractivity contribution in [2.45, 2.75) is 133 Å². The van der Waals surface area contributed by atoms with Gasteiger partial charge in [0.1, 0.15) is 17.7 Å². The lowest BCUT2D eigenvalue weighted by molar-refractivity contribution is -0.130. The number of aliphatic hydroxyl groups is 2. The van der Waals surface area contributed by atoms with Crippen LogP contribution in [0.4, 0.5) is 4.79 Å². The SMILES string of the molecule is CCCCCCCCCCC[C@H]1CCN(C(=O)OC(C)(C)C)[C@@H](C(=O)N[C@@H](CO)[C@@H](O)c2ccc(S(C)(=O)=O)cc2)C1. The van der Waals surface area contributed by atoms with Gasteiger partial charge in [-0.3, -0.25) is 9.69 Å². The van der Waals surface area contributed by atoms with Crippen molar-refractivity contribution in [2.24, 2.45) is 5.92 Å². The Hall–Kier alpha value is -2.17. The van der Waals surface area contributed by atoms with E-state index >= 15 is 0 Å². The number of aliphatic hydroxyl groups excluding tert-OH is 2. The zero-order valence-electron chi connectivity index (χ0n) is 26.3. The average molecular weight is 611 g/mol. The third-order valence-corrected chi connectivity index (χ3v) is 9.04. The molecule has 1 aromatic carbocycles. The van der Waals surface area contributed by atoms with Gasteiger partial charge in [0.2, 0.25) is 5.91 Å². The summed E-state index contributed by atoms with van der Waals surface area (Å²) in [5.74, 6) is -0.173. The number of likely N-dealkylation sites (tertiary alicyclic amines) is 1. The van der Waals surface area contributed by atoms with Gasteiger partial charge in [0.15, 0.2) is 9.84 Å². The number of carbonyl (C=O) groups is 2. The maximum absolute atomic E-state index is 13.6. The van der Waals surface area contributed by atoms with Crippen molar-refractivity contribution >= 4 is 21.8 Å². The van der Waals surface area contributed by atoms with Gasteiger partial charge in [0, 0.05) is 12.8 Å². The molecule has 1 aliphatic rings. The summed E-state index contributed by atoms with van der Waals surface area (Å²) >= 11 is 0. The van der Waals surface area contributed by atoms with E-state index in [2.05, 4.69) is 12.2 Å². The van der Waals surface area contributed by atoms with Crippen LogP contribution in [0.3, 0.4) is 0 Å². The largest absolute Gasteiger partial charge is 0.444 e. The molecular weight excluding hydrogens is 556 g/mol. The third-order valence-electron chi connectivity index (χ3n) is 7.91. The zero-order valence-corrected chi connectivity index (χ0v) is 27.1. The number of nitrogens with zero attached hydrogens (tertiary/aromatic N) is 1. The molecule has 0 bridgehead atoms. The molecule has 42 heavy (non-hydrogen) atoms. The van der Waals surface area contributed by atoms with Crippen LogP contribution in [0.1, 0.15) is 116 Å². The fourth-order valence-corrected chi connectivity index (χ4v) is 6.11. The van der Waals surface area contributed by atoms with E-state index in [0.717, 1.165) is 31.9 Å². The van der Waals surface area contributed by atoms with Gasteiger partial charge >= 0.3 is 6.09 Å². The van der Waals surface area contributed by atoms with Crippen LogP contribution >= 0.6 is 0 Å². The highest BCUT2D eigenvalue weighted by atomic mass is 32.2. The normalized spacial score (nSPS) is 19.3. The number of carbonyl (C=O) groups excluding carboxylic acids is 2. The molecule has 1 aromatic rings. The standard InChI is InChI=1S/C32H54N2O7S/c1-6-7-8-9-10-11-12-13-14-15-24-20-21-34(31(38)41-32(2,3)4)28(22-24)30(37)33-27(23-35)29(36)25-16-18-26(19-17-25)42(5,39)40/h16-19,24,27-29,35-36H,6-15,20-23H2,1-5H3,(H,33,37)/t24-,27-,28+,29-/m0/s1. The van der Waals surface area contributed by atoms with Gasteiger partial charge in [-0.15, -0.1) is 0 Å². The van der Waals surface area contributed by atoms with Gasteiger partial charge in [0.25, 0.3) is 0 Å². The van der Waals surface area contributed by atoms with E-state index in [4.69, 9.17) is 4.74 Å². The number of hydrogen-bond acceptors (Lipinski definition) is 7. The van der Waals surface area contributed by atoms with E-state index in [1.54, 1.807) is 20.8 Å². The Morgan fingerprint density at radius 3 is 2.12 bits per heavy atom. The van der Waals surface area contributed by atoms with Crippen LogP contribution in [-0.2, 0) is 19.4 Å². The first kappa shape index (κ1) is 36.0. The Morgan fingerprint density at radius 2 is 1.60 bits per heavy atom. The van der Waals surface area contributed by atoms with Gasteiger partial charge in [-0.05, 0) is 57.2 Å². The molecule has 10 heteroatoms. The molecule has 0 unspecified atom stereocenters. The summed E-state index contributed by atoms with van der Waals surface area (Å²) in [6, 6.07) is 3.86. The average Bonchev–Trinajstić information content (AvgIpc) is 2.93.